The Balaban J connectivity index is 1.37. The van der Waals surface area contributed by atoms with Crippen LogP contribution in [-0.2, 0) is 13.5 Å². The van der Waals surface area contributed by atoms with Crippen molar-refractivity contribution in [3.8, 4) is 17.1 Å². The smallest absolute Gasteiger partial charge is 0.256 e. The minimum Gasteiger partial charge on any atom is -0.327 e. The summed E-state index contributed by atoms with van der Waals surface area (Å²) in [6, 6.07) is 5.18. The summed E-state index contributed by atoms with van der Waals surface area (Å²) >= 11 is 0. The van der Waals surface area contributed by atoms with Crippen LogP contribution < -0.4 is 0 Å². The molecule has 3 aromatic heterocycles. The van der Waals surface area contributed by atoms with E-state index in [0.717, 1.165) is 42.7 Å². The molecule has 178 valence electrons. The minimum atomic E-state index is -1.49. The van der Waals surface area contributed by atoms with Crippen LogP contribution in [0.2, 0.25) is 0 Å². The van der Waals surface area contributed by atoms with Gasteiger partial charge in [-0.1, -0.05) is 0 Å². The fourth-order valence-corrected chi connectivity index (χ4v) is 5.41. The van der Waals surface area contributed by atoms with Gasteiger partial charge in [0.25, 0.3) is 5.91 Å². The molecule has 6 rings (SSSR count). The Bertz CT molecular complexity index is 1410. The van der Waals surface area contributed by atoms with Crippen LogP contribution >= 0.6 is 0 Å². The van der Waals surface area contributed by atoms with Crippen LogP contribution in [0.3, 0.4) is 0 Å². The number of hydrogen-bond donors (Lipinski definition) is 0. The molecule has 4 aromatic rings. The maximum absolute atomic E-state index is 14.0. The molecule has 10 heteroatoms. The zero-order chi connectivity index (χ0) is 24.3. The number of nitrogens with zero attached hydrogens (tertiary/aromatic N) is 6. The number of fused-ring (bicyclic) bond motifs is 4. The third kappa shape index (κ3) is 3.43. The minimum absolute atomic E-state index is 0.0832. The zero-order valence-electron chi connectivity index (χ0n) is 18.8. The first kappa shape index (κ1) is 21.6. The van der Waals surface area contributed by atoms with Crippen molar-refractivity contribution < 1.29 is 18.0 Å². The van der Waals surface area contributed by atoms with E-state index in [0.29, 0.717) is 23.5 Å². The van der Waals surface area contributed by atoms with Gasteiger partial charge in [-0.05, 0) is 49.9 Å². The number of pyridine rings is 1. The summed E-state index contributed by atoms with van der Waals surface area (Å²) in [5.74, 6) is -3.44. The van der Waals surface area contributed by atoms with Gasteiger partial charge >= 0.3 is 0 Å². The lowest BCUT2D eigenvalue weighted by Crippen LogP contribution is -2.49. The van der Waals surface area contributed by atoms with Crippen LogP contribution in [0, 0.1) is 17.5 Å². The van der Waals surface area contributed by atoms with Gasteiger partial charge in [0.05, 0.1) is 23.0 Å². The Hall–Kier alpha value is -3.95. The van der Waals surface area contributed by atoms with Crippen molar-refractivity contribution >= 4 is 5.91 Å². The van der Waals surface area contributed by atoms with Crippen LogP contribution in [0.15, 0.2) is 49.2 Å². The van der Waals surface area contributed by atoms with Crippen LogP contribution in [-0.4, -0.2) is 41.2 Å². The Morgan fingerprint density at radius 2 is 1.91 bits per heavy atom. The van der Waals surface area contributed by atoms with Gasteiger partial charge in [-0.2, -0.15) is 5.10 Å². The average molecular weight is 478 g/mol. The lowest BCUT2D eigenvalue weighted by molar-refractivity contribution is 0.0391. The van der Waals surface area contributed by atoms with Gasteiger partial charge in [0, 0.05) is 42.8 Å². The number of aromatic nitrogens is 5. The highest BCUT2D eigenvalue weighted by Gasteiger charge is 2.43. The van der Waals surface area contributed by atoms with Gasteiger partial charge in [-0.25, -0.2) is 23.1 Å². The number of aryl methyl sites for hydroxylation is 1. The Morgan fingerprint density at radius 1 is 1.11 bits per heavy atom. The number of carbonyl (C=O) groups excluding carboxylic acids is 1. The molecule has 1 saturated heterocycles. The predicted octanol–water partition coefficient (Wildman–Crippen LogP) is 4.38. The molecule has 1 amide bonds. The Morgan fingerprint density at radius 3 is 2.60 bits per heavy atom. The van der Waals surface area contributed by atoms with Gasteiger partial charge in [0.1, 0.15) is 12.1 Å². The molecule has 2 aliphatic rings. The first-order valence-electron chi connectivity index (χ1n) is 11.4. The van der Waals surface area contributed by atoms with Crippen LogP contribution in [0.5, 0.6) is 0 Å². The van der Waals surface area contributed by atoms with Crippen molar-refractivity contribution in [1.82, 2.24) is 29.2 Å². The van der Waals surface area contributed by atoms with Gasteiger partial charge in [0.2, 0.25) is 0 Å². The number of hydrogen-bond acceptors (Lipinski definition) is 4. The van der Waals surface area contributed by atoms with Crippen molar-refractivity contribution in [2.75, 3.05) is 0 Å². The molecular formula is C25H21F3N6O. The van der Waals surface area contributed by atoms with E-state index in [1.807, 2.05) is 4.90 Å². The van der Waals surface area contributed by atoms with Crippen molar-refractivity contribution in [2.24, 2.45) is 7.05 Å². The summed E-state index contributed by atoms with van der Waals surface area (Å²) in [6.07, 6.45) is 9.63. The molecule has 5 heterocycles. The summed E-state index contributed by atoms with van der Waals surface area (Å²) in [5.41, 5.74) is 2.83. The zero-order valence-corrected chi connectivity index (χ0v) is 18.8. The molecule has 1 aromatic carbocycles. The number of benzene rings is 1. The first-order valence-corrected chi connectivity index (χ1v) is 11.4. The van der Waals surface area contributed by atoms with E-state index >= 15 is 0 Å². The van der Waals surface area contributed by atoms with Crippen LogP contribution in [0.4, 0.5) is 13.2 Å². The second-order valence-electron chi connectivity index (χ2n) is 8.98. The first-order chi connectivity index (χ1) is 16.9. The molecule has 0 spiro atoms. The number of halogens is 3. The van der Waals surface area contributed by atoms with E-state index < -0.39 is 17.5 Å². The molecule has 0 aliphatic carbocycles. The number of carbonyl (C=O) groups is 1. The highest BCUT2D eigenvalue weighted by Crippen LogP contribution is 2.45. The molecule has 2 aliphatic heterocycles. The van der Waals surface area contributed by atoms with E-state index in [1.54, 1.807) is 53.3 Å². The molecule has 1 fully saturated rings. The summed E-state index contributed by atoms with van der Waals surface area (Å²) in [5, 5.41) is 4.66. The summed E-state index contributed by atoms with van der Waals surface area (Å²) < 4.78 is 44.9. The number of piperidine rings is 1. The monoisotopic (exact) mass is 478 g/mol. The lowest BCUT2D eigenvalue weighted by Gasteiger charge is -2.45. The molecule has 2 atom stereocenters. The van der Waals surface area contributed by atoms with Crippen molar-refractivity contribution in [2.45, 2.75) is 37.8 Å². The topological polar surface area (TPSA) is 68.8 Å². The van der Waals surface area contributed by atoms with Crippen molar-refractivity contribution in [1.29, 1.82) is 0 Å². The maximum atomic E-state index is 14.0. The highest BCUT2D eigenvalue weighted by molar-refractivity contribution is 5.95. The molecule has 0 saturated carbocycles. The molecule has 35 heavy (non-hydrogen) atoms. The third-order valence-corrected chi connectivity index (χ3v) is 6.93. The third-order valence-electron chi connectivity index (χ3n) is 6.93. The fraction of sp³-hybridized carbons (Fsp3) is 0.280. The fourth-order valence-electron chi connectivity index (χ4n) is 5.41. The van der Waals surface area contributed by atoms with Crippen LogP contribution in [0.1, 0.15) is 46.9 Å². The second kappa shape index (κ2) is 8.07. The SMILES string of the molecule is Cn1nc2c(c1-c1cc(F)c(F)c(F)c1)CC1CCCC2N1C(=O)c1ccc(-n2ccnc2)nc1. The number of imidazole rings is 1. The predicted molar refractivity (Wildman–Crippen MR) is 120 cm³/mol. The van der Waals surface area contributed by atoms with Gasteiger partial charge in [-0.3, -0.25) is 14.0 Å². The van der Waals surface area contributed by atoms with Crippen molar-refractivity contribution in [3.05, 3.63) is 83.5 Å². The lowest BCUT2D eigenvalue weighted by atomic mass is 9.81. The van der Waals surface area contributed by atoms with E-state index in [1.165, 1.54) is 0 Å². The number of rotatable bonds is 3. The quantitative estimate of drug-likeness (QED) is 0.410. The largest absolute Gasteiger partial charge is 0.327 e. The second-order valence-corrected chi connectivity index (χ2v) is 8.98. The van der Waals surface area contributed by atoms with Gasteiger partial charge in [-0.15, -0.1) is 0 Å². The van der Waals surface area contributed by atoms with E-state index in [4.69, 9.17) is 0 Å². The molecular weight excluding hydrogens is 457 g/mol. The molecule has 2 bridgehead atoms. The van der Waals surface area contributed by atoms with E-state index in [2.05, 4.69) is 15.1 Å². The Labute approximate surface area is 198 Å². The Kier molecular flexibility index (Phi) is 4.98. The number of amides is 1. The summed E-state index contributed by atoms with van der Waals surface area (Å²) in [4.78, 5) is 23.9. The molecule has 2 unspecified atom stereocenters. The molecule has 0 N–H and O–H groups in total. The summed E-state index contributed by atoms with van der Waals surface area (Å²) in [7, 11) is 1.70. The van der Waals surface area contributed by atoms with Gasteiger partial charge in [0.15, 0.2) is 17.5 Å². The van der Waals surface area contributed by atoms with Crippen LogP contribution in [0.25, 0.3) is 17.1 Å². The average Bonchev–Trinajstić information content (AvgIpc) is 3.50. The highest BCUT2D eigenvalue weighted by atomic mass is 19.2. The van der Waals surface area contributed by atoms with E-state index in [9.17, 15) is 18.0 Å². The molecule has 7 nitrogen and oxygen atoms in total. The normalized spacial score (nSPS) is 19.0. The maximum Gasteiger partial charge on any atom is 0.256 e. The molecule has 0 radical (unpaired) electrons. The van der Waals surface area contributed by atoms with Crippen molar-refractivity contribution in [3.63, 3.8) is 0 Å². The summed E-state index contributed by atoms with van der Waals surface area (Å²) in [6.45, 7) is 0. The van der Waals surface area contributed by atoms with E-state index in [-0.39, 0.29) is 23.6 Å². The standard InChI is InChI=1S/C25H21F3N6O/c1-32-24(15-9-18(26)22(28)19(27)10-15)17-11-16-3-2-4-20(23(17)31-32)34(16)25(35)14-5-6-21(30-12-14)33-8-7-29-13-33/h5-10,12-13,16,20H,2-4,11H2,1H3. The van der Waals surface area contributed by atoms with Gasteiger partial charge < -0.3 is 4.90 Å².